The molecule has 0 saturated carbocycles. The van der Waals surface area contributed by atoms with Crippen LogP contribution in [0.5, 0.6) is 0 Å². The molecule has 2 aromatic carbocycles. The summed E-state index contributed by atoms with van der Waals surface area (Å²) in [5.74, 6) is -0.962. The molecule has 0 unspecified atom stereocenters. The fourth-order valence-electron chi connectivity index (χ4n) is 4.13. The summed E-state index contributed by atoms with van der Waals surface area (Å²) in [7, 11) is 1.75. The van der Waals surface area contributed by atoms with Gasteiger partial charge in [-0.1, -0.05) is 6.07 Å². The van der Waals surface area contributed by atoms with Crippen LogP contribution in [-0.2, 0) is 19.1 Å². The number of rotatable bonds is 3. The van der Waals surface area contributed by atoms with Gasteiger partial charge in [-0.2, -0.15) is 18.3 Å². The maximum Gasteiger partial charge on any atom is 0.435 e. The quantitative estimate of drug-likeness (QED) is 0.436. The molecule has 3 heterocycles. The van der Waals surface area contributed by atoms with E-state index in [2.05, 4.69) is 15.4 Å². The number of halogens is 4. The zero-order valence-corrected chi connectivity index (χ0v) is 18.2. The molecule has 0 aliphatic carbocycles. The van der Waals surface area contributed by atoms with Crippen molar-refractivity contribution in [2.45, 2.75) is 26.1 Å². The van der Waals surface area contributed by atoms with Crippen molar-refractivity contribution in [1.82, 2.24) is 19.7 Å². The van der Waals surface area contributed by atoms with Gasteiger partial charge in [0.25, 0.3) is 5.91 Å². The van der Waals surface area contributed by atoms with Crippen molar-refractivity contribution in [1.29, 1.82) is 0 Å². The molecule has 0 atom stereocenters. The maximum atomic E-state index is 14.5. The molecular formula is C23H19F4N5O2. The second kappa shape index (κ2) is 7.94. The van der Waals surface area contributed by atoms with E-state index in [4.69, 9.17) is 4.42 Å². The summed E-state index contributed by atoms with van der Waals surface area (Å²) in [5.41, 5.74) is 0.649. The Balaban J connectivity index is 1.49. The Labute approximate surface area is 191 Å². The molecule has 11 heteroatoms. The van der Waals surface area contributed by atoms with Crippen molar-refractivity contribution in [3.05, 3.63) is 70.6 Å². The summed E-state index contributed by atoms with van der Waals surface area (Å²) in [4.78, 5) is 18.7. The lowest BCUT2D eigenvalue weighted by Crippen LogP contribution is -2.28. The summed E-state index contributed by atoms with van der Waals surface area (Å²) >= 11 is 0. The topological polar surface area (TPSA) is 76.2 Å². The molecule has 7 nitrogen and oxygen atoms in total. The van der Waals surface area contributed by atoms with Gasteiger partial charge in [-0.05, 0) is 25.2 Å². The fraction of sp³-hybridized carbons (Fsp3) is 0.261. The third-order valence-corrected chi connectivity index (χ3v) is 5.70. The van der Waals surface area contributed by atoms with Gasteiger partial charge in [-0.25, -0.2) is 14.1 Å². The first-order chi connectivity index (χ1) is 16.1. The Hall–Kier alpha value is -3.73. The molecule has 34 heavy (non-hydrogen) atoms. The van der Waals surface area contributed by atoms with E-state index < -0.39 is 23.6 Å². The van der Waals surface area contributed by atoms with Gasteiger partial charge in [0.05, 0.1) is 17.1 Å². The van der Waals surface area contributed by atoms with Crippen LogP contribution in [0.1, 0.15) is 33.2 Å². The van der Waals surface area contributed by atoms with Crippen LogP contribution >= 0.6 is 0 Å². The highest BCUT2D eigenvalue weighted by Crippen LogP contribution is 2.36. The van der Waals surface area contributed by atoms with Gasteiger partial charge in [0.15, 0.2) is 17.2 Å². The average Bonchev–Trinajstić information content (AvgIpc) is 3.33. The number of alkyl halides is 3. The zero-order valence-electron chi connectivity index (χ0n) is 18.2. The second-order valence-corrected chi connectivity index (χ2v) is 8.21. The Morgan fingerprint density at radius 1 is 1.21 bits per heavy atom. The van der Waals surface area contributed by atoms with E-state index in [0.717, 1.165) is 6.07 Å². The third kappa shape index (κ3) is 3.92. The molecule has 176 valence electrons. The average molecular weight is 473 g/mol. The summed E-state index contributed by atoms with van der Waals surface area (Å²) in [6.45, 7) is 2.34. The van der Waals surface area contributed by atoms with Crippen LogP contribution in [0.15, 0.2) is 40.8 Å². The van der Waals surface area contributed by atoms with Crippen LogP contribution in [0, 0.1) is 12.7 Å². The molecule has 1 amide bonds. The fourth-order valence-corrected chi connectivity index (χ4v) is 4.13. The van der Waals surface area contributed by atoms with Crippen LogP contribution < -0.4 is 5.32 Å². The summed E-state index contributed by atoms with van der Waals surface area (Å²) < 4.78 is 62.0. The number of aryl methyl sites for hydroxylation is 1. The highest BCUT2D eigenvalue weighted by molar-refractivity contribution is 6.05. The number of oxazole rings is 1. The number of carbonyl (C=O) groups is 1. The van der Waals surface area contributed by atoms with E-state index in [0.29, 0.717) is 41.3 Å². The Morgan fingerprint density at radius 2 is 2.00 bits per heavy atom. The summed E-state index contributed by atoms with van der Waals surface area (Å²) in [6, 6.07) is 8.52. The molecule has 5 rings (SSSR count). The lowest BCUT2D eigenvalue weighted by molar-refractivity contribution is -0.142. The van der Waals surface area contributed by atoms with Gasteiger partial charge in [0.1, 0.15) is 11.3 Å². The molecule has 0 saturated heterocycles. The van der Waals surface area contributed by atoms with Crippen LogP contribution in [0.3, 0.4) is 0 Å². The number of amides is 1. The van der Waals surface area contributed by atoms with Crippen LogP contribution in [-0.4, -0.2) is 39.2 Å². The summed E-state index contributed by atoms with van der Waals surface area (Å²) in [6.07, 6.45) is -4.22. The van der Waals surface area contributed by atoms with E-state index in [1.54, 1.807) is 31.0 Å². The first-order valence-corrected chi connectivity index (χ1v) is 10.4. The number of hydrogen-bond acceptors (Lipinski definition) is 5. The van der Waals surface area contributed by atoms with Gasteiger partial charge in [-0.15, -0.1) is 0 Å². The summed E-state index contributed by atoms with van der Waals surface area (Å²) in [5, 5.41) is 6.34. The van der Waals surface area contributed by atoms with Gasteiger partial charge in [0.2, 0.25) is 0 Å². The zero-order chi connectivity index (χ0) is 24.2. The lowest BCUT2D eigenvalue weighted by Gasteiger charge is -2.23. The number of likely N-dealkylation sites (N-methyl/N-ethyl adjacent to an activating group) is 1. The van der Waals surface area contributed by atoms with Gasteiger partial charge < -0.3 is 14.6 Å². The second-order valence-electron chi connectivity index (χ2n) is 8.21. The van der Waals surface area contributed by atoms with Gasteiger partial charge >= 0.3 is 6.18 Å². The van der Waals surface area contributed by atoms with Crippen molar-refractivity contribution in [3.63, 3.8) is 0 Å². The minimum Gasteiger partial charge on any atom is -0.441 e. The maximum absolute atomic E-state index is 14.5. The number of carbonyl (C=O) groups excluding carboxylic acids is 1. The molecule has 0 spiro atoms. The Morgan fingerprint density at radius 3 is 2.76 bits per heavy atom. The van der Waals surface area contributed by atoms with Crippen LogP contribution in [0.2, 0.25) is 0 Å². The minimum absolute atomic E-state index is 0.0992. The Bertz CT molecular complexity index is 1420. The molecular weight excluding hydrogens is 454 g/mol. The highest BCUT2D eigenvalue weighted by Gasteiger charge is 2.40. The first kappa shape index (κ1) is 22.1. The Kier molecular flexibility index (Phi) is 5.16. The number of hydrogen-bond donors (Lipinski definition) is 1. The lowest BCUT2D eigenvalue weighted by atomic mass is 10.0. The van der Waals surface area contributed by atoms with E-state index in [-0.39, 0.29) is 23.4 Å². The monoisotopic (exact) mass is 473 g/mol. The van der Waals surface area contributed by atoms with Crippen molar-refractivity contribution in [2.75, 3.05) is 18.9 Å². The number of anilines is 1. The van der Waals surface area contributed by atoms with Crippen molar-refractivity contribution < 1.29 is 26.8 Å². The number of aromatic nitrogens is 3. The highest BCUT2D eigenvalue weighted by atomic mass is 19.4. The molecule has 1 aliphatic heterocycles. The van der Waals surface area contributed by atoms with E-state index >= 15 is 0 Å². The predicted molar refractivity (Wildman–Crippen MR) is 115 cm³/mol. The normalized spacial score (nSPS) is 14.4. The third-order valence-electron chi connectivity index (χ3n) is 5.70. The molecule has 2 aromatic heterocycles. The van der Waals surface area contributed by atoms with E-state index in [1.165, 1.54) is 22.9 Å². The van der Waals surface area contributed by atoms with Crippen molar-refractivity contribution >= 4 is 22.7 Å². The van der Waals surface area contributed by atoms with E-state index in [1.807, 2.05) is 0 Å². The van der Waals surface area contributed by atoms with E-state index in [9.17, 15) is 22.4 Å². The van der Waals surface area contributed by atoms with Crippen molar-refractivity contribution in [2.24, 2.45) is 0 Å². The number of nitrogens with zero attached hydrogens (tertiary/aromatic N) is 4. The largest absolute Gasteiger partial charge is 0.441 e. The molecule has 0 bridgehead atoms. The smallest absolute Gasteiger partial charge is 0.435 e. The molecule has 0 fully saturated rings. The predicted octanol–water partition coefficient (Wildman–Crippen LogP) is 4.72. The van der Waals surface area contributed by atoms with Gasteiger partial charge in [-0.3, -0.25) is 4.79 Å². The molecule has 4 aromatic rings. The standard InChI is InChI=1S/C23H19F4N5O2/c1-12-28-18-9-16(24)17(10-20(18)34-12)29-22(33)13-4-3-5-14(8-13)32-19-6-7-31(2)11-15(19)21(30-32)23(25,26)27/h3-5,8-10H,6-7,11H2,1-2H3,(H,29,33). The minimum atomic E-state index is -4.60. The SMILES string of the molecule is Cc1nc2cc(F)c(NC(=O)c3cccc(-n4nc(C(F)(F)F)c5c4CCN(C)C5)c3)cc2o1. The van der Waals surface area contributed by atoms with Gasteiger partial charge in [0, 0.05) is 49.7 Å². The molecule has 1 aliphatic rings. The number of nitrogens with one attached hydrogen (secondary N) is 1. The first-order valence-electron chi connectivity index (χ1n) is 10.4. The van der Waals surface area contributed by atoms with Crippen LogP contribution in [0.25, 0.3) is 16.8 Å². The number of fused-ring (bicyclic) bond motifs is 2. The molecule has 0 radical (unpaired) electrons. The van der Waals surface area contributed by atoms with Crippen LogP contribution in [0.4, 0.5) is 23.2 Å². The number of benzene rings is 2. The molecule has 1 N–H and O–H groups in total. The van der Waals surface area contributed by atoms with Crippen molar-refractivity contribution in [3.8, 4) is 5.69 Å².